The molecule has 142 valence electrons. The zero-order chi connectivity index (χ0) is 19.5. The van der Waals surface area contributed by atoms with Gasteiger partial charge in [-0.05, 0) is 37.1 Å². The average molecular weight is 377 g/mol. The minimum Gasteiger partial charge on any atom is -0.478 e. The van der Waals surface area contributed by atoms with Crippen LogP contribution in [0.2, 0.25) is 0 Å². The normalized spacial score (nSPS) is 14.1. The number of aromatic carboxylic acids is 1. The number of anilines is 1. The van der Waals surface area contributed by atoms with Crippen LogP contribution in [0.25, 0.3) is 16.9 Å². The quantitative estimate of drug-likeness (QED) is 0.707. The summed E-state index contributed by atoms with van der Waals surface area (Å²) in [6.45, 7) is 0. The molecule has 1 fully saturated rings. The summed E-state index contributed by atoms with van der Waals surface area (Å²) >= 11 is 0. The highest BCUT2D eigenvalue weighted by molar-refractivity contribution is 5.95. The maximum atomic E-state index is 12.3. The fourth-order valence-corrected chi connectivity index (χ4v) is 3.46. The van der Waals surface area contributed by atoms with Gasteiger partial charge in [-0.15, -0.1) is 5.10 Å². The number of benzene rings is 1. The van der Waals surface area contributed by atoms with Gasteiger partial charge in [-0.3, -0.25) is 9.78 Å². The number of carbonyl (C=O) groups is 2. The van der Waals surface area contributed by atoms with Crippen LogP contribution in [0.1, 0.15) is 36.0 Å². The summed E-state index contributed by atoms with van der Waals surface area (Å²) in [5.41, 5.74) is 2.32. The number of hydrogen-bond donors (Lipinski definition) is 2. The molecule has 0 atom stereocenters. The number of carboxylic acids is 1. The number of amides is 1. The van der Waals surface area contributed by atoms with E-state index < -0.39 is 5.97 Å². The number of rotatable bonds is 5. The van der Waals surface area contributed by atoms with Gasteiger partial charge in [-0.1, -0.05) is 24.1 Å². The number of carboxylic acid groups (broad SMARTS) is 1. The molecule has 1 aliphatic carbocycles. The van der Waals surface area contributed by atoms with Crippen molar-refractivity contribution in [2.75, 3.05) is 5.32 Å². The molecule has 0 saturated heterocycles. The maximum absolute atomic E-state index is 12.3. The van der Waals surface area contributed by atoms with E-state index in [1.165, 1.54) is 18.5 Å². The monoisotopic (exact) mass is 377 g/mol. The summed E-state index contributed by atoms with van der Waals surface area (Å²) in [6, 6.07) is 8.74. The van der Waals surface area contributed by atoms with Crippen LogP contribution < -0.4 is 5.32 Å². The molecular weight excluding hydrogens is 358 g/mol. The molecule has 0 radical (unpaired) electrons. The fourth-order valence-electron chi connectivity index (χ4n) is 3.46. The molecule has 4 rings (SSSR count). The van der Waals surface area contributed by atoms with Gasteiger partial charge >= 0.3 is 5.97 Å². The first-order valence-corrected chi connectivity index (χ1v) is 9.13. The van der Waals surface area contributed by atoms with Gasteiger partial charge in [0.2, 0.25) is 5.91 Å². The van der Waals surface area contributed by atoms with Gasteiger partial charge < -0.3 is 10.4 Å². The minimum absolute atomic E-state index is 0.0513. The molecule has 1 aromatic carbocycles. The number of carbonyl (C=O) groups excluding carboxylic acids is 1. The summed E-state index contributed by atoms with van der Waals surface area (Å²) in [4.78, 5) is 27.7. The molecule has 8 heteroatoms. The van der Waals surface area contributed by atoms with Crippen molar-refractivity contribution in [3.05, 3.63) is 54.5 Å². The van der Waals surface area contributed by atoms with Crippen molar-refractivity contribution in [3.8, 4) is 16.9 Å². The molecule has 0 unspecified atom stereocenters. The SMILES string of the molecule is O=C(O)c1ccncc1-c1cn(-c2cccc(NC(=O)C3CCCC3)c2)nn1. The third-order valence-corrected chi connectivity index (χ3v) is 4.93. The Morgan fingerprint density at radius 1 is 1.18 bits per heavy atom. The smallest absolute Gasteiger partial charge is 0.336 e. The lowest BCUT2D eigenvalue weighted by molar-refractivity contribution is -0.119. The molecule has 3 aromatic rings. The van der Waals surface area contributed by atoms with Crippen LogP contribution in [0.5, 0.6) is 0 Å². The predicted molar refractivity (Wildman–Crippen MR) is 102 cm³/mol. The summed E-state index contributed by atoms with van der Waals surface area (Å²) < 4.78 is 1.54. The van der Waals surface area contributed by atoms with Crippen molar-refractivity contribution in [1.82, 2.24) is 20.0 Å². The summed E-state index contributed by atoms with van der Waals surface area (Å²) in [5.74, 6) is -0.916. The lowest BCUT2D eigenvalue weighted by atomic mass is 10.1. The zero-order valence-corrected chi connectivity index (χ0v) is 15.1. The standard InChI is InChI=1S/C20H19N5O3/c26-19(13-4-1-2-5-13)22-14-6-3-7-15(10-14)25-12-18(23-24-25)17-11-21-9-8-16(17)20(27)28/h3,6-13H,1-2,4-5H2,(H,22,26)(H,27,28). The second-order valence-electron chi connectivity index (χ2n) is 6.80. The Balaban J connectivity index is 1.58. The molecule has 1 aliphatic rings. The fraction of sp³-hybridized carbons (Fsp3) is 0.250. The first-order chi connectivity index (χ1) is 13.6. The first-order valence-electron chi connectivity index (χ1n) is 9.13. The highest BCUT2D eigenvalue weighted by atomic mass is 16.4. The Morgan fingerprint density at radius 3 is 2.79 bits per heavy atom. The van der Waals surface area contributed by atoms with Crippen LogP contribution in [0.3, 0.4) is 0 Å². The molecule has 1 amide bonds. The Bertz CT molecular complexity index is 1020. The van der Waals surface area contributed by atoms with Crippen molar-refractivity contribution < 1.29 is 14.7 Å². The van der Waals surface area contributed by atoms with E-state index in [0.29, 0.717) is 22.6 Å². The lowest BCUT2D eigenvalue weighted by Crippen LogP contribution is -2.20. The third-order valence-electron chi connectivity index (χ3n) is 4.93. The molecule has 0 bridgehead atoms. The molecule has 28 heavy (non-hydrogen) atoms. The summed E-state index contributed by atoms with van der Waals surface area (Å²) in [7, 11) is 0. The number of aromatic nitrogens is 4. The third kappa shape index (κ3) is 3.62. The summed E-state index contributed by atoms with van der Waals surface area (Å²) in [6.07, 6.45) is 8.61. The van der Waals surface area contributed by atoms with Crippen LogP contribution in [0, 0.1) is 5.92 Å². The molecule has 2 N–H and O–H groups in total. The number of pyridine rings is 1. The van der Waals surface area contributed by atoms with Crippen molar-refractivity contribution in [2.45, 2.75) is 25.7 Å². The van der Waals surface area contributed by atoms with E-state index >= 15 is 0 Å². The Hall–Kier alpha value is -3.55. The van der Waals surface area contributed by atoms with E-state index in [0.717, 1.165) is 25.7 Å². The summed E-state index contributed by atoms with van der Waals surface area (Å²) in [5, 5.41) is 20.5. The van der Waals surface area contributed by atoms with Crippen LogP contribution in [0.15, 0.2) is 48.9 Å². The van der Waals surface area contributed by atoms with Gasteiger partial charge in [0.1, 0.15) is 5.69 Å². The van der Waals surface area contributed by atoms with Crippen LogP contribution in [-0.2, 0) is 4.79 Å². The second kappa shape index (κ2) is 7.59. The first kappa shape index (κ1) is 17.8. The molecule has 8 nitrogen and oxygen atoms in total. The molecule has 2 heterocycles. The minimum atomic E-state index is -1.05. The van der Waals surface area contributed by atoms with E-state index in [-0.39, 0.29) is 17.4 Å². The van der Waals surface area contributed by atoms with Gasteiger partial charge in [0.15, 0.2) is 0 Å². The Morgan fingerprint density at radius 2 is 2.00 bits per heavy atom. The highest BCUT2D eigenvalue weighted by Gasteiger charge is 2.22. The lowest BCUT2D eigenvalue weighted by Gasteiger charge is -2.11. The van der Waals surface area contributed by atoms with Gasteiger partial charge in [-0.2, -0.15) is 0 Å². The predicted octanol–water partition coefficient (Wildman–Crippen LogP) is 3.16. The topological polar surface area (TPSA) is 110 Å². The van der Waals surface area contributed by atoms with Crippen LogP contribution in [0.4, 0.5) is 5.69 Å². The molecule has 1 saturated carbocycles. The maximum Gasteiger partial charge on any atom is 0.336 e. The Labute approximate surface area is 161 Å². The van der Waals surface area contributed by atoms with Gasteiger partial charge in [-0.25, -0.2) is 9.48 Å². The van der Waals surface area contributed by atoms with E-state index in [4.69, 9.17) is 0 Å². The zero-order valence-electron chi connectivity index (χ0n) is 15.1. The largest absolute Gasteiger partial charge is 0.478 e. The number of nitrogens with zero attached hydrogens (tertiary/aromatic N) is 4. The molecular formula is C20H19N5O3. The van der Waals surface area contributed by atoms with Crippen molar-refractivity contribution in [3.63, 3.8) is 0 Å². The van der Waals surface area contributed by atoms with E-state index in [1.54, 1.807) is 10.9 Å². The molecule has 0 aliphatic heterocycles. The van der Waals surface area contributed by atoms with Gasteiger partial charge in [0.25, 0.3) is 0 Å². The van der Waals surface area contributed by atoms with Gasteiger partial charge in [0.05, 0.1) is 17.4 Å². The van der Waals surface area contributed by atoms with Crippen molar-refractivity contribution >= 4 is 17.6 Å². The second-order valence-corrected chi connectivity index (χ2v) is 6.80. The highest BCUT2D eigenvalue weighted by Crippen LogP contribution is 2.27. The van der Waals surface area contributed by atoms with E-state index in [9.17, 15) is 14.7 Å². The van der Waals surface area contributed by atoms with Gasteiger partial charge in [0, 0.05) is 29.6 Å². The van der Waals surface area contributed by atoms with E-state index in [1.807, 2.05) is 24.3 Å². The van der Waals surface area contributed by atoms with Crippen molar-refractivity contribution in [1.29, 1.82) is 0 Å². The molecule has 0 spiro atoms. The van der Waals surface area contributed by atoms with Crippen LogP contribution >= 0.6 is 0 Å². The Kier molecular flexibility index (Phi) is 4.84. The number of nitrogens with one attached hydrogen (secondary N) is 1. The average Bonchev–Trinajstić information content (AvgIpc) is 3.40. The van der Waals surface area contributed by atoms with E-state index in [2.05, 4.69) is 20.6 Å². The van der Waals surface area contributed by atoms with Crippen LogP contribution in [-0.4, -0.2) is 37.0 Å². The van der Waals surface area contributed by atoms with Crippen molar-refractivity contribution in [2.24, 2.45) is 5.92 Å². The number of hydrogen-bond acceptors (Lipinski definition) is 5. The molecule has 2 aromatic heterocycles.